The molecule has 156 valence electrons. The van der Waals surface area contributed by atoms with Crippen molar-refractivity contribution in [3.8, 4) is 41.2 Å². The molecule has 0 saturated heterocycles. The van der Waals surface area contributed by atoms with Crippen LogP contribution in [-0.2, 0) is 12.8 Å². The molecule has 2 aromatic heterocycles. The maximum Gasteiger partial charge on any atom is 0.202 e. The molecule has 7 nitrogen and oxygen atoms in total. The Hall–Kier alpha value is -3.99. The molecule has 1 aliphatic carbocycles. The van der Waals surface area contributed by atoms with Crippen LogP contribution in [0.5, 0.6) is 17.5 Å². The Morgan fingerprint density at radius 3 is 2.39 bits per heavy atom. The summed E-state index contributed by atoms with van der Waals surface area (Å²) in [4.78, 5) is 0. The average Bonchev–Trinajstić information content (AvgIpc) is 3.31. The molecule has 8 heteroatoms. The first-order valence-electron chi connectivity index (χ1n) is 9.95. The Morgan fingerprint density at radius 1 is 1.06 bits per heavy atom. The summed E-state index contributed by atoms with van der Waals surface area (Å²) in [6.07, 6.45) is 8.35. The monoisotopic (exact) mass is 418 g/mol. The summed E-state index contributed by atoms with van der Waals surface area (Å²) >= 11 is 0. The first-order chi connectivity index (χ1) is 15.1. The lowest BCUT2D eigenvalue weighted by molar-refractivity contribution is 0.370. The Kier molecular flexibility index (Phi) is 4.51. The zero-order valence-electron chi connectivity index (χ0n) is 16.5. The van der Waals surface area contributed by atoms with E-state index in [0.717, 1.165) is 12.8 Å². The van der Waals surface area contributed by atoms with Crippen LogP contribution in [0.2, 0.25) is 0 Å². The number of aromatic hydroxyl groups is 2. The third kappa shape index (κ3) is 3.06. The van der Waals surface area contributed by atoms with Crippen LogP contribution >= 0.6 is 0 Å². The van der Waals surface area contributed by atoms with Crippen LogP contribution in [-0.4, -0.2) is 36.4 Å². The second-order valence-corrected chi connectivity index (χ2v) is 7.43. The predicted molar refractivity (Wildman–Crippen MR) is 112 cm³/mol. The number of fused-ring (bicyclic) bond motifs is 2. The van der Waals surface area contributed by atoms with E-state index < -0.39 is 5.82 Å². The SMILES string of the molecule is C#CCOc1ccc(-n2nnc3cc(F)c(-n4c(O)c5c(c4O)CCCC5)cc32)cc1. The fourth-order valence-electron chi connectivity index (χ4n) is 4.10. The Balaban J connectivity index is 1.62. The van der Waals surface area contributed by atoms with Crippen molar-refractivity contribution in [1.29, 1.82) is 0 Å². The molecule has 2 heterocycles. The average molecular weight is 418 g/mol. The van der Waals surface area contributed by atoms with Crippen LogP contribution in [0.1, 0.15) is 24.0 Å². The molecule has 0 fully saturated rings. The van der Waals surface area contributed by atoms with Gasteiger partial charge in [-0.05, 0) is 56.0 Å². The minimum atomic E-state index is -0.615. The molecule has 2 N–H and O–H groups in total. The third-order valence-electron chi connectivity index (χ3n) is 5.59. The van der Waals surface area contributed by atoms with Crippen molar-refractivity contribution in [3.05, 3.63) is 53.3 Å². The minimum Gasteiger partial charge on any atom is -0.494 e. The molecule has 0 spiro atoms. The van der Waals surface area contributed by atoms with Crippen LogP contribution in [0.25, 0.3) is 22.4 Å². The lowest BCUT2D eigenvalue weighted by Gasteiger charge is -2.10. The van der Waals surface area contributed by atoms with Gasteiger partial charge in [0.1, 0.15) is 23.7 Å². The van der Waals surface area contributed by atoms with Gasteiger partial charge in [0.15, 0.2) is 0 Å². The summed E-state index contributed by atoms with van der Waals surface area (Å²) < 4.78 is 23.1. The second kappa shape index (κ2) is 7.36. The Labute approximate surface area is 177 Å². The van der Waals surface area contributed by atoms with E-state index >= 15 is 0 Å². The summed E-state index contributed by atoms with van der Waals surface area (Å²) in [7, 11) is 0. The lowest BCUT2D eigenvalue weighted by atomic mass is 9.95. The van der Waals surface area contributed by atoms with Crippen LogP contribution in [0, 0.1) is 18.2 Å². The quantitative estimate of drug-likeness (QED) is 0.494. The van der Waals surface area contributed by atoms with Crippen LogP contribution in [0.3, 0.4) is 0 Å². The molecule has 0 unspecified atom stereocenters. The van der Waals surface area contributed by atoms with Crippen LogP contribution < -0.4 is 4.74 Å². The van der Waals surface area contributed by atoms with Crippen molar-refractivity contribution >= 4 is 11.0 Å². The van der Waals surface area contributed by atoms with E-state index in [1.807, 2.05) is 0 Å². The smallest absolute Gasteiger partial charge is 0.202 e. The van der Waals surface area contributed by atoms with Gasteiger partial charge in [-0.2, -0.15) is 0 Å². The standard InChI is InChI=1S/C23H19FN4O3/c1-2-11-31-15-9-7-14(8-10-15)28-21-13-20(18(24)12-19(21)25-26-28)27-22(29)16-5-3-4-6-17(16)23(27)30/h1,7-10,12-13,29-30H,3-6,11H2. The number of hydrogen-bond acceptors (Lipinski definition) is 5. The largest absolute Gasteiger partial charge is 0.494 e. The normalized spacial score (nSPS) is 13.2. The van der Waals surface area contributed by atoms with Gasteiger partial charge in [-0.1, -0.05) is 11.1 Å². The molecule has 0 radical (unpaired) electrons. The highest BCUT2D eigenvalue weighted by molar-refractivity contribution is 5.79. The predicted octanol–water partition coefficient (Wildman–Crippen LogP) is 3.65. The summed E-state index contributed by atoms with van der Waals surface area (Å²) in [5.41, 5.74) is 2.96. The molecule has 0 saturated carbocycles. The summed E-state index contributed by atoms with van der Waals surface area (Å²) in [6, 6.07) is 9.85. The second-order valence-electron chi connectivity index (χ2n) is 7.43. The zero-order chi connectivity index (χ0) is 21.5. The van der Waals surface area contributed by atoms with Gasteiger partial charge < -0.3 is 14.9 Å². The van der Waals surface area contributed by atoms with Gasteiger partial charge in [0, 0.05) is 17.2 Å². The van der Waals surface area contributed by atoms with Gasteiger partial charge in [-0.15, -0.1) is 11.5 Å². The number of benzene rings is 2. The van der Waals surface area contributed by atoms with E-state index in [0.29, 0.717) is 46.4 Å². The van der Waals surface area contributed by atoms with Gasteiger partial charge in [0.2, 0.25) is 11.8 Å². The number of hydrogen-bond donors (Lipinski definition) is 2. The van der Waals surface area contributed by atoms with E-state index in [2.05, 4.69) is 16.2 Å². The van der Waals surface area contributed by atoms with Crippen molar-refractivity contribution in [1.82, 2.24) is 19.6 Å². The highest BCUT2D eigenvalue weighted by Crippen LogP contribution is 2.41. The number of ether oxygens (including phenoxy) is 1. The van der Waals surface area contributed by atoms with E-state index in [-0.39, 0.29) is 24.1 Å². The molecule has 5 rings (SSSR count). The van der Waals surface area contributed by atoms with Crippen molar-refractivity contribution < 1.29 is 19.3 Å². The van der Waals surface area contributed by atoms with Crippen LogP contribution in [0.15, 0.2) is 36.4 Å². The van der Waals surface area contributed by atoms with Crippen molar-refractivity contribution in [3.63, 3.8) is 0 Å². The molecule has 0 atom stereocenters. The minimum absolute atomic E-state index is 0.0365. The highest BCUT2D eigenvalue weighted by Gasteiger charge is 2.27. The number of nitrogens with zero attached hydrogens (tertiary/aromatic N) is 4. The highest BCUT2D eigenvalue weighted by atomic mass is 19.1. The van der Waals surface area contributed by atoms with E-state index in [4.69, 9.17) is 11.2 Å². The van der Waals surface area contributed by atoms with Gasteiger partial charge >= 0.3 is 0 Å². The first-order valence-corrected chi connectivity index (χ1v) is 9.95. The van der Waals surface area contributed by atoms with Gasteiger partial charge in [0.25, 0.3) is 0 Å². The maximum atomic E-state index is 15.0. The summed E-state index contributed by atoms with van der Waals surface area (Å²) in [5, 5.41) is 29.6. The van der Waals surface area contributed by atoms with E-state index in [1.54, 1.807) is 28.9 Å². The Bertz CT molecular complexity index is 1300. The number of terminal acetylenes is 1. The molecule has 4 aromatic rings. The Morgan fingerprint density at radius 2 is 1.74 bits per heavy atom. The lowest BCUT2D eigenvalue weighted by Crippen LogP contribution is -2.00. The molecule has 0 bridgehead atoms. The van der Waals surface area contributed by atoms with Gasteiger partial charge in [0.05, 0.1) is 16.9 Å². The first kappa shape index (κ1) is 19.0. The molecule has 31 heavy (non-hydrogen) atoms. The van der Waals surface area contributed by atoms with Crippen molar-refractivity contribution in [2.45, 2.75) is 25.7 Å². The van der Waals surface area contributed by atoms with E-state index in [1.165, 1.54) is 16.7 Å². The van der Waals surface area contributed by atoms with Gasteiger partial charge in [-0.3, -0.25) is 0 Å². The van der Waals surface area contributed by atoms with Gasteiger partial charge in [-0.25, -0.2) is 13.6 Å². The van der Waals surface area contributed by atoms with Crippen molar-refractivity contribution in [2.75, 3.05) is 6.61 Å². The van der Waals surface area contributed by atoms with Crippen molar-refractivity contribution in [2.24, 2.45) is 0 Å². The maximum absolute atomic E-state index is 15.0. The number of rotatable bonds is 4. The summed E-state index contributed by atoms with van der Waals surface area (Å²) in [6.45, 7) is 0.169. The fourth-order valence-corrected chi connectivity index (χ4v) is 4.10. The van der Waals surface area contributed by atoms with Crippen LogP contribution in [0.4, 0.5) is 4.39 Å². The molecular weight excluding hydrogens is 399 g/mol. The van der Waals surface area contributed by atoms with E-state index in [9.17, 15) is 14.6 Å². The third-order valence-corrected chi connectivity index (χ3v) is 5.59. The summed E-state index contributed by atoms with van der Waals surface area (Å²) in [5.74, 6) is 2.16. The molecular formula is C23H19FN4O3. The molecule has 2 aromatic carbocycles. The molecule has 0 amide bonds. The fraction of sp³-hybridized carbons (Fsp3) is 0.217. The molecule has 1 aliphatic rings. The number of halogens is 1. The number of aromatic nitrogens is 4. The topological polar surface area (TPSA) is 85.3 Å². The zero-order valence-corrected chi connectivity index (χ0v) is 16.5. The molecule has 0 aliphatic heterocycles.